The van der Waals surface area contributed by atoms with E-state index in [1.807, 2.05) is 12.1 Å². The van der Waals surface area contributed by atoms with Gasteiger partial charge in [-0.2, -0.15) is 0 Å². The van der Waals surface area contributed by atoms with E-state index in [9.17, 15) is 0 Å². The van der Waals surface area contributed by atoms with Crippen molar-refractivity contribution in [2.75, 3.05) is 7.11 Å². The molecule has 0 heterocycles. The van der Waals surface area contributed by atoms with Crippen LogP contribution in [0.25, 0.3) is 0 Å². The van der Waals surface area contributed by atoms with Crippen LogP contribution in [0.4, 0.5) is 0 Å². The summed E-state index contributed by atoms with van der Waals surface area (Å²) in [5.41, 5.74) is 13.7. The summed E-state index contributed by atoms with van der Waals surface area (Å²) in [7, 11) is 1.69. The second-order valence-electron chi connectivity index (χ2n) is 5.55. The van der Waals surface area contributed by atoms with Gasteiger partial charge in [-0.25, -0.2) is 0 Å². The quantitative estimate of drug-likeness (QED) is 0.859. The third-order valence-electron chi connectivity index (χ3n) is 4.10. The van der Waals surface area contributed by atoms with Crippen molar-refractivity contribution in [3.63, 3.8) is 0 Å². The van der Waals surface area contributed by atoms with Gasteiger partial charge in [-0.15, -0.1) is 0 Å². The number of hydrogen-bond donors (Lipinski definition) is 2. The highest BCUT2D eigenvalue weighted by molar-refractivity contribution is 5.27. The van der Waals surface area contributed by atoms with Crippen molar-refractivity contribution in [2.24, 2.45) is 11.5 Å². The molecule has 18 heavy (non-hydrogen) atoms. The van der Waals surface area contributed by atoms with Crippen molar-refractivity contribution in [1.29, 1.82) is 0 Å². The van der Waals surface area contributed by atoms with Crippen molar-refractivity contribution in [3.8, 4) is 5.75 Å². The van der Waals surface area contributed by atoms with Gasteiger partial charge in [0.1, 0.15) is 5.75 Å². The molecule has 0 amide bonds. The van der Waals surface area contributed by atoms with Gasteiger partial charge in [0.05, 0.1) is 7.11 Å². The Morgan fingerprint density at radius 2 is 1.83 bits per heavy atom. The number of aryl methyl sites for hydroxylation is 1. The van der Waals surface area contributed by atoms with Crippen molar-refractivity contribution >= 4 is 0 Å². The Morgan fingerprint density at radius 3 is 2.39 bits per heavy atom. The predicted molar refractivity (Wildman–Crippen MR) is 74.7 cm³/mol. The van der Waals surface area contributed by atoms with Crippen LogP contribution < -0.4 is 16.2 Å². The molecule has 2 rings (SSSR count). The number of benzene rings is 1. The molecule has 1 aliphatic rings. The molecule has 1 aliphatic carbocycles. The monoisotopic (exact) mass is 248 g/mol. The van der Waals surface area contributed by atoms with Crippen molar-refractivity contribution < 1.29 is 4.74 Å². The van der Waals surface area contributed by atoms with Gasteiger partial charge in [-0.3, -0.25) is 0 Å². The molecule has 1 aromatic rings. The van der Waals surface area contributed by atoms with Crippen LogP contribution in [-0.2, 0) is 6.42 Å². The van der Waals surface area contributed by atoms with Crippen LogP contribution in [0.15, 0.2) is 24.3 Å². The first kappa shape index (κ1) is 13.4. The molecule has 3 heteroatoms. The molecule has 1 aromatic carbocycles. The van der Waals surface area contributed by atoms with Crippen molar-refractivity contribution in [3.05, 3.63) is 29.8 Å². The van der Waals surface area contributed by atoms with Gasteiger partial charge >= 0.3 is 0 Å². The van der Waals surface area contributed by atoms with Gasteiger partial charge in [-0.05, 0) is 56.2 Å². The maximum absolute atomic E-state index is 6.44. The summed E-state index contributed by atoms with van der Waals surface area (Å²) in [6.45, 7) is 0. The normalized spacial score (nSPS) is 28.1. The fourth-order valence-corrected chi connectivity index (χ4v) is 2.65. The van der Waals surface area contributed by atoms with Crippen LogP contribution in [-0.4, -0.2) is 18.7 Å². The minimum Gasteiger partial charge on any atom is -0.497 e. The Balaban J connectivity index is 1.86. The number of ether oxygens (including phenoxy) is 1. The summed E-state index contributed by atoms with van der Waals surface area (Å²) in [5, 5.41) is 0. The second-order valence-corrected chi connectivity index (χ2v) is 5.55. The molecular formula is C15H24N2O. The largest absolute Gasteiger partial charge is 0.497 e. The average molecular weight is 248 g/mol. The average Bonchev–Trinajstić information content (AvgIpc) is 2.41. The van der Waals surface area contributed by atoms with E-state index in [4.69, 9.17) is 16.2 Å². The minimum absolute atomic E-state index is 0.00417. The van der Waals surface area contributed by atoms with E-state index in [1.54, 1.807) is 7.11 Å². The number of rotatable bonds is 4. The molecule has 4 N–H and O–H groups in total. The van der Waals surface area contributed by atoms with Crippen molar-refractivity contribution in [1.82, 2.24) is 0 Å². The molecule has 0 atom stereocenters. The minimum atomic E-state index is -0.00417. The van der Waals surface area contributed by atoms with E-state index in [1.165, 1.54) is 5.56 Å². The van der Waals surface area contributed by atoms with E-state index in [0.29, 0.717) is 6.04 Å². The Morgan fingerprint density at radius 1 is 1.22 bits per heavy atom. The smallest absolute Gasteiger partial charge is 0.118 e. The highest BCUT2D eigenvalue weighted by atomic mass is 16.5. The molecule has 0 aromatic heterocycles. The van der Waals surface area contributed by atoms with E-state index in [2.05, 4.69) is 12.1 Å². The van der Waals surface area contributed by atoms with Gasteiger partial charge in [0.25, 0.3) is 0 Å². The zero-order valence-electron chi connectivity index (χ0n) is 11.2. The number of hydrogen-bond acceptors (Lipinski definition) is 3. The number of methoxy groups -OCH3 is 1. The lowest BCUT2D eigenvalue weighted by Crippen LogP contribution is -2.46. The maximum Gasteiger partial charge on any atom is 0.118 e. The van der Waals surface area contributed by atoms with E-state index in [0.717, 1.165) is 44.3 Å². The lowest BCUT2D eigenvalue weighted by atomic mass is 9.77. The highest BCUT2D eigenvalue weighted by Crippen LogP contribution is 2.29. The lowest BCUT2D eigenvalue weighted by Gasteiger charge is -2.36. The molecule has 0 aliphatic heterocycles. The molecule has 0 saturated heterocycles. The first-order valence-electron chi connectivity index (χ1n) is 6.79. The van der Waals surface area contributed by atoms with Gasteiger partial charge < -0.3 is 16.2 Å². The van der Waals surface area contributed by atoms with E-state index in [-0.39, 0.29) is 5.54 Å². The molecule has 0 spiro atoms. The molecule has 3 nitrogen and oxygen atoms in total. The van der Waals surface area contributed by atoms with Crippen LogP contribution in [0.1, 0.15) is 37.7 Å². The summed E-state index contributed by atoms with van der Waals surface area (Å²) in [6.07, 6.45) is 6.34. The van der Waals surface area contributed by atoms with Crippen LogP contribution in [0.5, 0.6) is 5.75 Å². The third kappa shape index (κ3) is 3.47. The van der Waals surface area contributed by atoms with Crippen LogP contribution in [0.3, 0.4) is 0 Å². The first-order chi connectivity index (χ1) is 8.61. The zero-order valence-corrected chi connectivity index (χ0v) is 11.2. The second kappa shape index (κ2) is 5.72. The summed E-state index contributed by atoms with van der Waals surface area (Å²) in [6, 6.07) is 8.63. The Bertz CT molecular complexity index is 367. The van der Waals surface area contributed by atoms with Crippen molar-refractivity contribution in [2.45, 2.75) is 50.1 Å². The first-order valence-corrected chi connectivity index (χ1v) is 6.79. The van der Waals surface area contributed by atoms with Gasteiger partial charge in [0.2, 0.25) is 0 Å². The van der Waals surface area contributed by atoms with Crippen LogP contribution >= 0.6 is 0 Å². The van der Waals surface area contributed by atoms with Gasteiger partial charge in [0, 0.05) is 11.6 Å². The van der Waals surface area contributed by atoms with E-state index < -0.39 is 0 Å². The summed E-state index contributed by atoms with van der Waals surface area (Å²) >= 11 is 0. The van der Waals surface area contributed by atoms with E-state index >= 15 is 0 Å². The van der Waals surface area contributed by atoms with Crippen LogP contribution in [0, 0.1) is 0 Å². The maximum atomic E-state index is 6.44. The summed E-state index contributed by atoms with van der Waals surface area (Å²) in [4.78, 5) is 0. The predicted octanol–water partition coefficient (Wildman–Crippen LogP) is 2.23. The fourth-order valence-electron chi connectivity index (χ4n) is 2.65. The Labute approximate surface area is 110 Å². The van der Waals surface area contributed by atoms with Gasteiger partial charge in [-0.1, -0.05) is 12.1 Å². The van der Waals surface area contributed by atoms with Crippen LogP contribution in [0.2, 0.25) is 0 Å². The Kier molecular flexibility index (Phi) is 4.25. The third-order valence-corrected chi connectivity index (χ3v) is 4.10. The molecule has 1 saturated carbocycles. The topological polar surface area (TPSA) is 61.3 Å². The highest BCUT2D eigenvalue weighted by Gasteiger charge is 2.29. The molecular weight excluding hydrogens is 224 g/mol. The molecule has 0 unspecified atom stereocenters. The molecule has 0 bridgehead atoms. The fraction of sp³-hybridized carbons (Fsp3) is 0.600. The molecule has 100 valence electrons. The molecule has 1 fully saturated rings. The SMILES string of the molecule is COc1ccc(CCC2(N)CCC(N)CC2)cc1. The van der Waals surface area contributed by atoms with Gasteiger partial charge in [0.15, 0.2) is 0 Å². The molecule has 0 radical (unpaired) electrons. The summed E-state index contributed by atoms with van der Waals surface area (Å²) in [5.74, 6) is 0.907. The zero-order chi connectivity index (χ0) is 13.0. The standard InChI is InChI=1S/C15H24N2O/c1-18-14-4-2-12(3-5-14)6-9-15(17)10-7-13(16)8-11-15/h2-5,13H,6-11,16-17H2,1H3. The lowest BCUT2D eigenvalue weighted by molar-refractivity contribution is 0.258. The summed E-state index contributed by atoms with van der Waals surface area (Å²) < 4.78 is 5.16. The number of nitrogens with two attached hydrogens (primary N) is 2. The Hall–Kier alpha value is -1.06.